The summed E-state index contributed by atoms with van der Waals surface area (Å²) in [5.41, 5.74) is 1.84. The van der Waals surface area contributed by atoms with E-state index in [4.69, 9.17) is 4.74 Å². The third-order valence-electron chi connectivity index (χ3n) is 5.61. The van der Waals surface area contributed by atoms with Crippen LogP contribution in [0.3, 0.4) is 0 Å². The molecule has 0 fully saturated rings. The minimum absolute atomic E-state index is 0.120. The van der Waals surface area contributed by atoms with Crippen LogP contribution in [0.25, 0.3) is 10.2 Å². The summed E-state index contributed by atoms with van der Waals surface area (Å²) in [5, 5.41) is 0.861. The van der Waals surface area contributed by atoms with Crippen LogP contribution in [0.15, 0.2) is 54.6 Å². The van der Waals surface area contributed by atoms with E-state index in [0.717, 1.165) is 27.2 Å². The molecule has 0 aliphatic carbocycles. The molecule has 3 atom stereocenters. The quantitative estimate of drug-likeness (QED) is 0.467. The lowest BCUT2D eigenvalue weighted by molar-refractivity contribution is -0.154. The maximum absolute atomic E-state index is 12.8. The number of rotatable bonds is 8. The average Bonchev–Trinajstić information content (AvgIpc) is 3.21. The average molecular weight is 425 g/mol. The molecule has 0 aliphatic heterocycles. The second-order valence-electron chi connectivity index (χ2n) is 7.58. The van der Waals surface area contributed by atoms with Crippen LogP contribution in [0.1, 0.15) is 49.7 Å². The van der Waals surface area contributed by atoms with Gasteiger partial charge in [-0.2, -0.15) is 0 Å². The summed E-state index contributed by atoms with van der Waals surface area (Å²) in [6.07, 6.45) is 0.844. The van der Waals surface area contributed by atoms with Crippen molar-refractivity contribution in [2.45, 2.75) is 39.2 Å². The number of ether oxygens (including phenoxy) is 1. The van der Waals surface area contributed by atoms with Crippen molar-refractivity contribution in [3.63, 3.8) is 0 Å². The van der Waals surface area contributed by atoms with Crippen molar-refractivity contribution in [1.82, 2.24) is 9.88 Å². The summed E-state index contributed by atoms with van der Waals surface area (Å²) in [5.74, 6) is -0.860. The normalized spacial score (nSPS) is 14.1. The van der Waals surface area contributed by atoms with Crippen molar-refractivity contribution in [2.24, 2.45) is 5.92 Å². The molecule has 1 aromatic heterocycles. The van der Waals surface area contributed by atoms with Crippen molar-refractivity contribution in [3.05, 3.63) is 65.2 Å². The van der Waals surface area contributed by atoms with Crippen LogP contribution in [0.5, 0.6) is 0 Å². The van der Waals surface area contributed by atoms with Crippen LogP contribution in [0.4, 0.5) is 0 Å². The molecule has 3 rings (SSSR count). The maximum atomic E-state index is 12.8. The predicted molar refractivity (Wildman–Crippen MR) is 120 cm³/mol. The molecule has 0 N–H and O–H groups in total. The first-order valence-corrected chi connectivity index (χ1v) is 11.1. The molecule has 0 spiro atoms. The number of nitrogens with zero attached hydrogens (tertiary/aromatic N) is 2. The lowest BCUT2D eigenvalue weighted by Gasteiger charge is -2.25. The highest BCUT2D eigenvalue weighted by molar-refractivity contribution is 7.18. The van der Waals surface area contributed by atoms with Crippen molar-refractivity contribution in [3.8, 4) is 0 Å². The highest BCUT2D eigenvalue weighted by Crippen LogP contribution is 2.30. The van der Waals surface area contributed by atoms with Gasteiger partial charge in [-0.05, 0) is 30.5 Å². The fourth-order valence-electron chi connectivity index (χ4n) is 3.37. The van der Waals surface area contributed by atoms with Gasteiger partial charge in [0.15, 0.2) is 6.61 Å². The van der Waals surface area contributed by atoms with E-state index in [1.54, 1.807) is 23.3 Å². The van der Waals surface area contributed by atoms with E-state index in [0.29, 0.717) is 0 Å². The highest BCUT2D eigenvalue weighted by Gasteiger charge is 2.29. The Morgan fingerprint density at radius 1 is 1.07 bits per heavy atom. The molecule has 158 valence electrons. The van der Waals surface area contributed by atoms with E-state index in [9.17, 15) is 9.59 Å². The zero-order chi connectivity index (χ0) is 21.7. The van der Waals surface area contributed by atoms with Crippen molar-refractivity contribution >= 4 is 33.4 Å². The lowest BCUT2D eigenvalue weighted by Crippen LogP contribution is -2.34. The van der Waals surface area contributed by atoms with Gasteiger partial charge in [0, 0.05) is 7.05 Å². The Bertz CT molecular complexity index is 969. The van der Waals surface area contributed by atoms with E-state index < -0.39 is 0 Å². The molecule has 0 unspecified atom stereocenters. The molecule has 0 saturated carbocycles. The van der Waals surface area contributed by atoms with Crippen LogP contribution in [-0.2, 0) is 14.3 Å². The van der Waals surface area contributed by atoms with Crippen LogP contribution < -0.4 is 0 Å². The van der Waals surface area contributed by atoms with E-state index in [1.807, 2.05) is 75.4 Å². The van der Waals surface area contributed by atoms with Crippen molar-refractivity contribution in [2.75, 3.05) is 13.7 Å². The third kappa shape index (κ3) is 4.87. The summed E-state index contributed by atoms with van der Waals surface area (Å²) in [6, 6.07) is 17.3. The molecule has 30 heavy (non-hydrogen) atoms. The van der Waals surface area contributed by atoms with Gasteiger partial charge in [0.05, 0.1) is 22.2 Å². The Morgan fingerprint density at radius 3 is 2.40 bits per heavy atom. The molecule has 1 amide bonds. The van der Waals surface area contributed by atoms with Crippen molar-refractivity contribution < 1.29 is 14.3 Å². The molecule has 1 heterocycles. The van der Waals surface area contributed by atoms with E-state index in [2.05, 4.69) is 4.98 Å². The Morgan fingerprint density at radius 2 is 1.73 bits per heavy atom. The molecule has 6 heteroatoms. The number of carbonyl (C=O) groups is 2. The zero-order valence-corrected chi connectivity index (χ0v) is 18.7. The van der Waals surface area contributed by atoms with Gasteiger partial charge in [-0.3, -0.25) is 9.59 Å². The second-order valence-corrected chi connectivity index (χ2v) is 8.64. The van der Waals surface area contributed by atoms with Gasteiger partial charge in [0.25, 0.3) is 5.91 Å². The molecular weight excluding hydrogens is 396 g/mol. The minimum atomic E-state index is -0.379. The number of hydrogen-bond acceptors (Lipinski definition) is 5. The fourth-order valence-corrected chi connectivity index (χ4v) is 4.43. The van der Waals surface area contributed by atoms with E-state index in [1.165, 1.54) is 0 Å². The number of para-hydroxylation sites is 1. The van der Waals surface area contributed by atoms with E-state index >= 15 is 0 Å². The molecule has 0 radical (unpaired) electrons. The van der Waals surface area contributed by atoms with Crippen LogP contribution >= 0.6 is 11.3 Å². The van der Waals surface area contributed by atoms with Gasteiger partial charge < -0.3 is 9.64 Å². The molecule has 3 aromatic rings. The van der Waals surface area contributed by atoms with Crippen LogP contribution in [-0.4, -0.2) is 35.4 Å². The monoisotopic (exact) mass is 424 g/mol. The van der Waals surface area contributed by atoms with Gasteiger partial charge in [0.2, 0.25) is 0 Å². The minimum Gasteiger partial charge on any atom is -0.455 e. The molecular formula is C24H28N2O3S. The second kappa shape index (κ2) is 9.85. The molecule has 2 aromatic carbocycles. The topological polar surface area (TPSA) is 59.5 Å². The Kier molecular flexibility index (Phi) is 7.21. The first-order chi connectivity index (χ1) is 14.4. The summed E-state index contributed by atoms with van der Waals surface area (Å²) in [4.78, 5) is 31.7. The number of carbonyl (C=O) groups excluding carboxylic acids is 2. The molecule has 0 saturated heterocycles. The largest absolute Gasteiger partial charge is 0.455 e. The highest BCUT2D eigenvalue weighted by atomic mass is 32.1. The van der Waals surface area contributed by atoms with Crippen LogP contribution in [0, 0.1) is 5.92 Å². The Labute approximate surface area is 181 Å². The lowest BCUT2D eigenvalue weighted by atomic mass is 9.86. The number of esters is 1. The van der Waals surface area contributed by atoms with Crippen LogP contribution in [0.2, 0.25) is 0 Å². The summed E-state index contributed by atoms with van der Waals surface area (Å²) in [6.45, 7) is 5.74. The summed E-state index contributed by atoms with van der Waals surface area (Å²) >= 11 is 1.57. The first-order valence-electron chi connectivity index (χ1n) is 10.2. The van der Waals surface area contributed by atoms with Gasteiger partial charge in [-0.25, -0.2) is 4.98 Å². The van der Waals surface area contributed by atoms with Gasteiger partial charge in [0.1, 0.15) is 5.01 Å². The molecule has 0 aliphatic rings. The number of hydrogen-bond donors (Lipinski definition) is 0. The Balaban J connectivity index is 1.64. The van der Waals surface area contributed by atoms with Gasteiger partial charge >= 0.3 is 5.97 Å². The predicted octanol–water partition coefficient (Wildman–Crippen LogP) is 5.19. The number of fused-ring (bicyclic) bond motifs is 1. The number of amides is 1. The SMILES string of the molecule is CC[C@H](C)[C@H](C(=O)OCC(=O)N(C)[C@@H](C)c1nc2ccccc2s1)c1ccccc1. The Hall–Kier alpha value is -2.73. The fraction of sp³-hybridized carbons (Fsp3) is 0.375. The third-order valence-corrected chi connectivity index (χ3v) is 6.81. The number of aromatic nitrogens is 1. The summed E-state index contributed by atoms with van der Waals surface area (Å²) < 4.78 is 6.55. The van der Waals surface area contributed by atoms with Gasteiger partial charge in [-0.1, -0.05) is 62.7 Å². The van der Waals surface area contributed by atoms with Crippen molar-refractivity contribution in [1.29, 1.82) is 0 Å². The molecule has 0 bridgehead atoms. The van der Waals surface area contributed by atoms with E-state index in [-0.39, 0.29) is 36.4 Å². The first kappa shape index (κ1) is 22.0. The smallest absolute Gasteiger partial charge is 0.314 e. The zero-order valence-electron chi connectivity index (χ0n) is 17.9. The number of thiazole rings is 1. The molecule has 5 nitrogen and oxygen atoms in total. The summed E-state index contributed by atoms with van der Waals surface area (Å²) in [7, 11) is 1.72. The van der Waals surface area contributed by atoms with Gasteiger partial charge in [-0.15, -0.1) is 11.3 Å². The number of benzene rings is 2. The maximum Gasteiger partial charge on any atom is 0.314 e. The standard InChI is InChI=1S/C24H28N2O3S/c1-5-16(2)22(18-11-7-6-8-12-18)24(28)29-15-21(27)26(4)17(3)23-25-19-13-9-10-14-20(19)30-23/h6-14,16-17,22H,5,15H2,1-4H3/t16-,17-,22-/m0/s1. The number of likely N-dealkylation sites (N-methyl/N-ethyl adjacent to an activating group) is 1.